The van der Waals surface area contributed by atoms with E-state index in [2.05, 4.69) is 228 Å². The highest BCUT2D eigenvalue weighted by Gasteiger charge is 2.48. The maximum absolute atomic E-state index is 5.75. The minimum absolute atomic E-state index is 0.875. The van der Waals surface area contributed by atoms with Crippen LogP contribution in [0.4, 0.5) is 34.1 Å². The number of nitrogens with zero attached hydrogens (tertiary/aromatic N) is 4. The van der Waals surface area contributed by atoms with Crippen molar-refractivity contribution in [3.8, 4) is 11.1 Å². The van der Waals surface area contributed by atoms with Crippen LogP contribution in [0.25, 0.3) is 11.1 Å². The molecule has 0 radical (unpaired) electrons. The Morgan fingerprint density at radius 2 is 0.655 bits per heavy atom. The Kier molecular flexibility index (Phi) is 8.00. The van der Waals surface area contributed by atoms with E-state index in [0.29, 0.717) is 0 Å². The first-order valence-electron chi connectivity index (χ1n) is 18.7. The molecule has 1 aliphatic heterocycles. The SMILES string of the molecule is c1ccc(C2=NC3(N=C2c2ccc(N(c4ccccc4)c4ccccc4)cc2)c2ccccc2-c2ccc(N(c4ccccc4)c4ccccc4)cc23)cc1. The Balaban J connectivity index is 1.15. The average molecular weight is 705 g/mol. The number of aliphatic imine (C=N–C) groups is 2. The number of hydrogen-bond donors (Lipinski definition) is 0. The Bertz CT molecular complexity index is 2600. The fourth-order valence-corrected chi connectivity index (χ4v) is 8.03. The molecule has 0 saturated carbocycles. The molecule has 1 unspecified atom stereocenters. The van der Waals surface area contributed by atoms with Gasteiger partial charge in [-0.05, 0) is 83.9 Å². The molecule has 10 rings (SSSR count). The topological polar surface area (TPSA) is 31.2 Å². The molecule has 0 saturated heterocycles. The van der Waals surface area contributed by atoms with Crippen LogP contribution in [-0.4, -0.2) is 11.4 Å². The molecule has 260 valence electrons. The molecule has 0 fully saturated rings. The summed E-state index contributed by atoms with van der Waals surface area (Å²) in [7, 11) is 0. The van der Waals surface area contributed by atoms with Crippen LogP contribution in [0.15, 0.2) is 228 Å². The third-order valence-corrected chi connectivity index (χ3v) is 10.5. The van der Waals surface area contributed by atoms with Crippen LogP contribution >= 0.6 is 0 Å². The van der Waals surface area contributed by atoms with E-state index in [4.69, 9.17) is 9.98 Å². The van der Waals surface area contributed by atoms with Crippen molar-refractivity contribution in [1.29, 1.82) is 0 Å². The van der Waals surface area contributed by atoms with Gasteiger partial charge in [-0.3, -0.25) is 0 Å². The lowest BCUT2D eigenvalue weighted by molar-refractivity contribution is 0.606. The first-order valence-corrected chi connectivity index (χ1v) is 18.7. The predicted octanol–water partition coefficient (Wildman–Crippen LogP) is 12.8. The lowest BCUT2D eigenvalue weighted by Crippen LogP contribution is -2.19. The predicted molar refractivity (Wildman–Crippen MR) is 228 cm³/mol. The minimum Gasteiger partial charge on any atom is -0.311 e. The van der Waals surface area contributed by atoms with Gasteiger partial charge in [0.15, 0.2) is 0 Å². The molecule has 55 heavy (non-hydrogen) atoms. The molecule has 1 aliphatic carbocycles. The molecular formula is C51H36N4. The maximum Gasteiger partial charge on any atom is 0.204 e. The van der Waals surface area contributed by atoms with Crippen LogP contribution in [0.3, 0.4) is 0 Å². The van der Waals surface area contributed by atoms with E-state index in [-0.39, 0.29) is 0 Å². The second kappa shape index (κ2) is 13.6. The fraction of sp³-hybridized carbons (Fsp3) is 0.0196. The van der Waals surface area contributed by atoms with E-state index in [1.54, 1.807) is 0 Å². The number of benzene rings is 8. The largest absolute Gasteiger partial charge is 0.311 e. The lowest BCUT2D eigenvalue weighted by Gasteiger charge is -2.27. The van der Waals surface area contributed by atoms with E-state index >= 15 is 0 Å². The Morgan fingerprint density at radius 3 is 1.16 bits per heavy atom. The van der Waals surface area contributed by atoms with Gasteiger partial charge >= 0.3 is 0 Å². The second-order valence-electron chi connectivity index (χ2n) is 13.8. The zero-order chi connectivity index (χ0) is 36.6. The molecule has 1 heterocycles. The second-order valence-corrected chi connectivity index (χ2v) is 13.8. The van der Waals surface area contributed by atoms with E-state index in [1.165, 1.54) is 0 Å². The molecule has 2 aliphatic rings. The number of rotatable bonds is 8. The number of fused-ring (bicyclic) bond motifs is 5. The molecule has 0 bridgehead atoms. The average Bonchev–Trinajstić information content (AvgIpc) is 3.79. The molecule has 0 aromatic heterocycles. The summed E-state index contributed by atoms with van der Waals surface area (Å²) in [5.74, 6) is 0. The van der Waals surface area contributed by atoms with E-state index < -0.39 is 5.66 Å². The molecule has 0 amide bonds. The summed E-state index contributed by atoms with van der Waals surface area (Å²) >= 11 is 0. The van der Waals surface area contributed by atoms with E-state index in [0.717, 1.165) is 78.9 Å². The first-order chi connectivity index (χ1) is 27.3. The van der Waals surface area contributed by atoms with Gasteiger partial charge in [0.2, 0.25) is 5.66 Å². The maximum atomic E-state index is 5.75. The van der Waals surface area contributed by atoms with Crippen LogP contribution in [0.1, 0.15) is 22.3 Å². The summed E-state index contributed by atoms with van der Waals surface area (Å²) in [4.78, 5) is 16.0. The van der Waals surface area contributed by atoms with Gasteiger partial charge in [0.25, 0.3) is 0 Å². The van der Waals surface area contributed by atoms with Gasteiger partial charge in [0, 0.05) is 56.4 Å². The molecule has 4 nitrogen and oxygen atoms in total. The Morgan fingerprint density at radius 1 is 0.291 bits per heavy atom. The molecule has 1 spiro atoms. The lowest BCUT2D eigenvalue weighted by atomic mass is 9.97. The smallest absolute Gasteiger partial charge is 0.204 e. The quantitative estimate of drug-likeness (QED) is 0.158. The van der Waals surface area contributed by atoms with Crippen LogP contribution < -0.4 is 9.80 Å². The fourth-order valence-electron chi connectivity index (χ4n) is 8.03. The standard InChI is InChI=1S/C51H36N4/c1-6-18-37(19-7-1)49-50(38-30-32-43(33-31-38)54(39-20-8-2-9-21-39)40-22-10-3-11-23-40)53-51(52-49)47-29-17-16-28-45(47)46-35-34-44(36-48(46)51)55(41-24-12-4-13-25-41)42-26-14-5-15-27-42/h1-36H. The van der Waals surface area contributed by atoms with Crippen LogP contribution in [0.2, 0.25) is 0 Å². The summed E-state index contributed by atoms with van der Waals surface area (Å²) in [5.41, 5.74) is 13.8. The summed E-state index contributed by atoms with van der Waals surface area (Å²) < 4.78 is 0. The van der Waals surface area contributed by atoms with Gasteiger partial charge in [-0.15, -0.1) is 0 Å². The van der Waals surface area contributed by atoms with Crippen LogP contribution in [0, 0.1) is 0 Å². The van der Waals surface area contributed by atoms with Crippen molar-refractivity contribution in [1.82, 2.24) is 0 Å². The Hall–Kier alpha value is -7.30. The van der Waals surface area contributed by atoms with Gasteiger partial charge in [0.05, 0.1) is 11.4 Å². The van der Waals surface area contributed by atoms with Crippen molar-refractivity contribution in [2.24, 2.45) is 9.98 Å². The summed E-state index contributed by atoms with van der Waals surface area (Å²) in [5, 5.41) is 0. The van der Waals surface area contributed by atoms with Crippen molar-refractivity contribution in [2.75, 3.05) is 9.80 Å². The molecule has 1 atom stereocenters. The van der Waals surface area contributed by atoms with Crippen LogP contribution in [0.5, 0.6) is 0 Å². The molecular weight excluding hydrogens is 669 g/mol. The molecule has 8 aromatic rings. The monoisotopic (exact) mass is 704 g/mol. The third-order valence-electron chi connectivity index (χ3n) is 10.5. The van der Waals surface area contributed by atoms with Crippen molar-refractivity contribution in [3.05, 3.63) is 241 Å². The van der Waals surface area contributed by atoms with E-state index in [9.17, 15) is 0 Å². The van der Waals surface area contributed by atoms with Crippen LogP contribution in [-0.2, 0) is 5.66 Å². The normalized spacial score (nSPS) is 15.2. The number of hydrogen-bond acceptors (Lipinski definition) is 4. The van der Waals surface area contributed by atoms with Crippen molar-refractivity contribution in [3.63, 3.8) is 0 Å². The van der Waals surface area contributed by atoms with Gasteiger partial charge < -0.3 is 9.80 Å². The van der Waals surface area contributed by atoms with Gasteiger partial charge in [-0.2, -0.15) is 0 Å². The summed E-state index contributed by atoms with van der Waals surface area (Å²) in [6.07, 6.45) is 0. The van der Waals surface area contributed by atoms with Gasteiger partial charge in [0.1, 0.15) is 0 Å². The first kappa shape index (κ1) is 32.4. The van der Waals surface area contributed by atoms with Crippen molar-refractivity contribution in [2.45, 2.75) is 5.66 Å². The molecule has 8 aromatic carbocycles. The Labute approximate surface area is 321 Å². The minimum atomic E-state index is -0.958. The molecule has 0 N–H and O–H groups in total. The highest BCUT2D eigenvalue weighted by molar-refractivity contribution is 6.54. The number of para-hydroxylation sites is 4. The summed E-state index contributed by atoms with van der Waals surface area (Å²) in [6.45, 7) is 0. The summed E-state index contributed by atoms with van der Waals surface area (Å²) in [6, 6.07) is 76.7. The molecule has 4 heteroatoms. The van der Waals surface area contributed by atoms with Crippen molar-refractivity contribution >= 4 is 45.5 Å². The van der Waals surface area contributed by atoms with Gasteiger partial charge in [-0.1, -0.05) is 146 Å². The number of anilines is 6. The zero-order valence-corrected chi connectivity index (χ0v) is 30.1. The highest BCUT2D eigenvalue weighted by Crippen LogP contribution is 2.54. The van der Waals surface area contributed by atoms with Crippen molar-refractivity contribution < 1.29 is 0 Å². The zero-order valence-electron chi connectivity index (χ0n) is 30.1. The van der Waals surface area contributed by atoms with Gasteiger partial charge in [-0.25, -0.2) is 9.98 Å². The highest BCUT2D eigenvalue weighted by atomic mass is 15.2. The van der Waals surface area contributed by atoms with E-state index in [1.807, 2.05) is 0 Å². The third kappa shape index (κ3) is 5.63.